The lowest BCUT2D eigenvalue weighted by molar-refractivity contribution is -0.116. The molecule has 0 aliphatic heterocycles. The molecule has 0 saturated heterocycles. The zero-order valence-corrected chi connectivity index (χ0v) is 14.5. The van der Waals surface area contributed by atoms with Gasteiger partial charge in [-0.2, -0.15) is 5.26 Å². The molecule has 1 amide bonds. The molecule has 0 radical (unpaired) electrons. The Morgan fingerprint density at radius 1 is 1.42 bits per heavy atom. The Hall–Kier alpha value is -2.32. The number of amides is 1. The van der Waals surface area contributed by atoms with Crippen molar-refractivity contribution in [2.24, 2.45) is 5.92 Å². The van der Waals surface area contributed by atoms with E-state index in [2.05, 4.69) is 18.3 Å². The summed E-state index contributed by atoms with van der Waals surface area (Å²) in [5.41, 5.74) is 1.79. The third kappa shape index (κ3) is 3.77. The fraction of sp³-hybridized carbons (Fsp3) is 0.368. The average Bonchev–Trinajstić information content (AvgIpc) is 2.91. The predicted octanol–water partition coefficient (Wildman–Crippen LogP) is 4.15. The van der Waals surface area contributed by atoms with Crippen molar-refractivity contribution < 1.29 is 9.53 Å². The maximum atomic E-state index is 12.2. The van der Waals surface area contributed by atoms with Crippen LogP contribution in [0.2, 0.25) is 0 Å². The van der Waals surface area contributed by atoms with Gasteiger partial charge in [0.05, 0.1) is 18.6 Å². The van der Waals surface area contributed by atoms with Gasteiger partial charge in [-0.1, -0.05) is 25.1 Å². The Morgan fingerprint density at radius 2 is 2.21 bits per heavy atom. The first-order valence-electron chi connectivity index (χ1n) is 8.19. The number of hydrogen-bond donors (Lipinski definition) is 1. The van der Waals surface area contributed by atoms with Crippen molar-refractivity contribution in [1.29, 1.82) is 5.26 Å². The van der Waals surface area contributed by atoms with Crippen molar-refractivity contribution in [2.45, 2.75) is 32.6 Å². The van der Waals surface area contributed by atoms with Gasteiger partial charge in [-0.3, -0.25) is 4.79 Å². The second-order valence-electron chi connectivity index (χ2n) is 6.13. The van der Waals surface area contributed by atoms with Crippen LogP contribution in [0.25, 0.3) is 0 Å². The lowest BCUT2D eigenvalue weighted by Crippen LogP contribution is -2.15. The fourth-order valence-corrected chi connectivity index (χ4v) is 4.30. The van der Waals surface area contributed by atoms with Crippen LogP contribution in [0.4, 0.5) is 5.00 Å². The topological polar surface area (TPSA) is 62.1 Å². The van der Waals surface area contributed by atoms with Crippen LogP contribution in [0.5, 0.6) is 5.75 Å². The van der Waals surface area contributed by atoms with Crippen molar-refractivity contribution in [3.63, 3.8) is 0 Å². The van der Waals surface area contributed by atoms with Gasteiger partial charge >= 0.3 is 0 Å². The molecule has 1 atom stereocenters. The van der Waals surface area contributed by atoms with E-state index in [9.17, 15) is 10.1 Å². The second-order valence-corrected chi connectivity index (χ2v) is 7.23. The van der Waals surface area contributed by atoms with E-state index in [0.717, 1.165) is 30.6 Å². The van der Waals surface area contributed by atoms with Gasteiger partial charge in [-0.15, -0.1) is 11.3 Å². The van der Waals surface area contributed by atoms with Crippen LogP contribution < -0.4 is 10.1 Å². The second kappa shape index (κ2) is 7.50. The Balaban J connectivity index is 1.59. The van der Waals surface area contributed by atoms with Crippen LogP contribution in [-0.4, -0.2) is 12.5 Å². The number of rotatable bonds is 5. The van der Waals surface area contributed by atoms with E-state index in [1.165, 1.54) is 4.88 Å². The molecule has 3 rings (SSSR count). The van der Waals surface area contributed by atoms with Crippen molar-refractivity contribution in [1.82, 2.24) is 0 Å². The van der Waals surface area contributed by atoms with Gasteiger partial charge in [0.25, 0.3) is 0 Å². The summed E-state index contributed by atoms with van der Waals surface area (Å²) in [7, 11) is 0. The summed E-state index contributed by atoms with van der Waals surface area (Å²) < 4.78 is 5.54. The van der Waals surface area contributed by atoms with Crippen molar-refractivity contribution in [3.05, 3.63) is 46.3 Å². The number of anilines is 1. The Kier molecular flexibility index (Phi) is 5.17. The number of thiophene rings is 1. The molecule has 1 aromatic heterocycles. The highest BCUT2D eigenvalue weighted by atomic mass is 32.1. The van der Waals surface area contributed by atoms with E-state index in [4.69, 9.17) is 4.74 Å². The van der Waals surface area contributed by atoms with Gasteiger partial charge in [0.15, 0.2) is 0 Å². The minimum absolute atomic E-state index is 0.117. The zero-order valence-electron chi connectivity index (χ0n) is 13.7. The van der Waals surface area contributed by atoms with Crippen molar-refractivity contribution >= 4 is 22.2 Å². The number of carbonyl (C=O) groups excluding carboxylic acids is 1. The van der Waals surface area contributed by atoms with Gasteiger partial charge < -0.3 is 10.1 Å². The van der Waals surface area contributed by atoms with Gasteiger partial charge in [0, 0.05) is 4.88 Å². The monoisotopic (exact) mass is 340 g/mol. The highest BCUT2D eigenvalue weighted by Gasteiger charge is 2.24. The van der Waals surface area contributed by atoms with Crippen LogP contribution in [0.3, 0.4) is 0 Å². The summed E-state index contributed by atoms with van der Waals surface area (Å²) in [6.45, 7) is 2.55. The summed E-state index contributed by atoms with van der Waals surface area (Å²) in [5.74, 6) is 1.28. The van der Waals surface area contributed by atoms with Gasteiger partial charge in [0.1, 0.15) is 16.8 Å². The molecule has 24 heavy (non-hydrogen) atoms. The molecule has 0 spiro atoms. The van der Waals surface area contributed by atoms with Crippen LogP contribution in [0, 0.1) is 17.2 Å². The lowest BCUT2D eigenvalue weighted by Gasteiger charge is -2.17. The number of ether oxygens (including phenoxy) is 1. The number of fused-ring (bicyclic) bond motifs is 1. The molecule has 0 unspecified atom stereocenters. The SMILES string of the molecule is C[C@H]1CCc2c(sc(NC(=O)CCOc3ccccc3)c2C#N)C1. The number of carbonyl (C=O) groups is 1. The van der Waals surface area contributed by atoms with Crippen LogP contribution in [-0.2, 0) is 17.6 Å². The minimum Gasteiger partial charge on any atom is -0.493 e. The van der Waals surface area contributed by atoms with E-state index in [-0.39, 0.29) is 12.3 Å². The van der Waals surface area contributed by atoms with Gasteiger partial charge in [-0.25, -0.2) is 0 Å². The fourth-order valence-electron chi connectivity index (χ4n) is 2.92. The molecule has 2 aromatic rings. The Morgan fingerprint density at radius 3 is 2.96 bits per heavy atom. The van der Waals surface area contributed by atoms with E-state index in [0.29, 0.717) is 23.1 Å². The molecule has 1 aromatic carbocycles. The first-order chi connectivity index (χ1) is 11.7. The van der Waals surface area contributed by atoms with Gasteiger partial charge in [-0.05, 0) is 42.9 Å². The molecule has 0 fully saturated rings. The predicted molar refractivity (Wildman–Crippen MR) is 95.4 cm³/mol. The summed E-state index contributed by atoms with van der Waals surface area (Å²) in [5, 5.41) is 13.0. The largest absolute Gasteiger partial charge is 0.493 e. The lowest BCUT2D eigenvalue weighted by atomic mass is 9.89. The highest BCUT2D eigenvalue weighted by Crippen LogP contribution is 2.39. The maximum Gasteiger partial charge on any atom is 0.228 e. The summed E-state index contributed by atoms with van der Waals surface area (Å²) in [4.78, 5) is 13.4. The molecule has 0 bridgehead atoms. The van der Waals surface area contributed by atoms with E-state index in [1.807, 2.05) is 30.3 Å². The highest BCUT2D eigenvalue weighted by molar-refractivity contribution is 7.16. The average molecular weight is 340 g/mol. The van der Waals surface area contributed by atoms with Gasteiger partial charge in [0.2, 0.25) is 5.91 Å². The molecular weight excluding hydrogens is 320 g/mol. The number of nitrogens with zero attached hydrogens (tertiary/aromatic N) is 1. The molecular formula is C19H20N2O2S. The third-order valence-electron chi connectivity index (χ3n) is 4.22. The molecule has 124 valence electrons. The smallest absolute Gasteiger partial charge is 0.228 e. The quantitative estimate of drug-likeness (QED) is 0.889. The molecule has 1 aliphatic rings. The minimum atomic E-state index is -0.117. The standard InChI is InChI=1S/C19H20N2O2S/c1-13-7-8-15-16(12-20)19(24-17(15)11-13)21-18(22)9-10-23-14-5-3-2-4-6-14/h2-6,13H,7-11H2,1H3,(H,21,22)/t13-/m0/s1. The van der Waals surface area contributed by atoms with Crippen LogP contribution in [0.15, 0.2) is 30.3 Å². The van der Waals surface area contributed by atoms with E-state index in [1.54, 1.807) is 11.3 Å². The van der Waals surface area contributed by atoms with Crippen molar-refractivity contribution in [3.8, 4) is 11.8 Å². The number of hydrogen-bond acceptors (Lipinski definition) is 4. The van der Waals surface area contributed by atoms with Crippen LogP contribution in [0.1, 0.15) is 35.8 Å². The number of nitrogens with one attached hydrogen (secondary N) is 1. The summed E-state index contributed by atoms with van der Waals surface area (Å²) in [6, 6.07) is 11.7. The molecule has 1 aliphatic carbocycles. The molecule has 4 nitrogen and oxygen atoms in total. The van der Waals surface area contributed by atoms with Crippen molar-refractivity contribution in [2.75, 3.05) is 11.9 Å². The number of para-hydroxylation sites is 1. The first-order valence-corrected chi connectivity index (χ1v) is 9.01. The molecule has 1 heterocycles. The Labute approximate surface area is 146 Å². The summed E-state index contributed by atoms with van der Waals surface area (Å²) in [6.07, 6.45) is 3.31. The normalized spacial score (nSPS) is 16.1. The third-order valence-corrected chi connectivity index (χ3v) is 5.39. The maximum absolute atomic E-state index is 12.2. The Bertz CT molecular complexity index is 762. The number of benzene rings is 1. The number of nitriles is 1. The molecule has 5 heteroatoms. The van der Waals surface area contributed by atoms with Crippen LogP contribution >= 0.6 is 11.3 Å². The first kappa shape index (κ1) is 16.5. The summed E-state index contributed by atoms with van der Waals surface area (Å²) >= 11 is 1.55. The molecule has 1 N–H and O–H groups in total. The zero-order chi connectivity index (χ0) is 16.9. The van der Waals surface area contributed by atoms with E-state index >= 15 is 0 Å². The molecule has 0 saturated carbocycles. The van der Waals surface area contributed by atoms with E-state index < -0.39 is 0 Å².